The molecule has 0 aromatic heterocycles. The van der Waals surface area contributed by atoms with Gasteiger partial charge in [0.15, 0.2) is 9.84 Å². The van der Waals surface area contributed by atoms with E-state index in [-0.39, 0.29) is 5.75 Å². The van der Waals surface area contributed by atoms with Gasteiger partial charge in [-0.1, -0.05) is 38.0 Å². The van der Waals surface area contributed by atoms with Crippen LogP contribution in [0.2, 0.25) is 0 Å². The number of hydrogen-bond donors (Lipinski definition) is 1. The van der Waals surface area contributed by atoms with Gasteiger partial charge in [0.2, 0.25) is 0 Å². The average Bonchev–Trinajstić information content (AvgIpc) is 2.71. The monoisotopic (exact) mass is 308 g/mol. The number of carboxylic acids is 1. The second-order valence-corrected chi connectivity index (χ2v) is 8.54. The van der Waals surface area contributed by atoms with Crippen molar-refractivity contribution in [2.24, 2.45) is 11.3 Å². The Hall–Kier alpha value is -1.36. The van der Waals surface area contributed by atoms with Gasteiger partial charge < -0.3 is 5.11 Å². The molecule has 3 rings (SSSR count). The zero-order valence-electron chi connectivity index (χ0n) is 12.1. The van der Waals surface area contributed by atoms with Gasteiger partial charge in [0.25, 0.3) is 0 Å². The highest BCUT2D eigenvalue weighted by Gasteiger charge is 2.53. The summed E-state index contributed by atoms with van der Waals surface area (Å²) in [5.41, 5.74) is -0.230. The molecular formula is C16H20O4S. The van der Waals surface area contributed by atoms with E-state index in [4.69, 9.17) is 0 Å². The van der Waals surface area contributed by atoms with Crippen LogP contribution < -0.4 is 0 Å². The van der Waals surface area contributed by atoms with Gasteiger partial charge in [-0.15, -0.1) is 0 Å². The Labute approximate surface area is 125 Å². The molecule has 1 heterocycles. The summed E-state index contributed by atoms with van der Waals surface area (Å²) >= 11 is 0. The maximum absolute atomic E-state index is 12.4. The first kappa shape index (κ1) is 14.6. The summed E-state index contributed by atoms with van der Waals surface area (Å²) in [5, 5.41) is 9.87. The van der Waals surface area contributed by atoms with Crippen molar-refractivity contribution in [2.45, 2.75) is 43.4 Å². The topological polar surface area (TPSA) is 71.4 Å². The van der Waals surface area contributed by atoms with Crippen molar-refractivity contribution in [3.05, 3.63) is 29.8 Å². The zero-order valence-corrected chi connectivity index (χ0v) is 12.9. The molecule has 3 unspecified atom stereocenters. The normalized spacial score (nSPS) is 34.3. The summed E-state index contributed by atoms with van der Waals surface area (Å²) < 4.78 is 24.7. The Bertz CT molecular complexity index is 679. The van der Waals surface area contributed by atoms with E-state index >= 15 is 0 Å². The molecule has 1 aliphatic heterocycles. The molecular weight excluding hydrogens is 288 g/mol. The van der Waals surface area contributed by atoms with Crippen LogP contribution in [-0.4, -0.2) is 25.2 Å². The van der Waals surface area contributed by atoms with E-state index in [1.165, 1.54) is 0 Å². The van der Waals surface area contributed by atoms with E-state index in [2.05, 4.69) is 6.92 Å². The Morgan fingerprint density at radius 3 is 2.71 bits per heavy atom. The van der Waals surface area contributed by atoms with Crippen LogP contribution in [0.4, 0.5) is 0 Å². The molecule has 0 bridgehead atoms. The number of benzene rings is 1. The molecule has 0 radical (unpaired) electrons. The molecule has 2 aliphatic rings. The highest BCUT2D eigenvalue weighted by molar-refractivity contribution is 7.91. The van der Waals surface area contributed by atoms with Crippen LogP contribution in [0.25, 0.3) is 0 Å². The lowest BCUT2D eigenvalue weighted by atomic mass is 9.62. The Balaban J connectivity index is 2.13. The van der Waals surface area contributed by atoms with E-state index in [0.29, 0.717) is 29.2 Å². The van der Waals surface area contributed by atoms with Gasteiger partial charge in [0.1, 0.15) is 0 Å². The second-order valence-electron chi connectivity index (χ2n) is 6.53. The van der Waals surface area contributed by atoms with Crippen LogP contribution >= 0.6 is 0 Å². The maximum atomic E-state index is 12.4. The Morgan fingerprint density at radius 1 is 1.33 bits per heavy atom. The summed E-state index contributed by atoms with van der Waals surface area (Å²) in [6, 6.07) is 6.89. The maximum Gasteiger partial charge on any atom is 0.310 e. The van der Waals surface area contributed by atoms with Crippen molar-refractivity contribution >= 4 is 15.8 Å². The number of rotatable bonds is 2. The summed E-state index contributed by atoms with van der Waals surface area (Å²) in [6.07, 6.45) is 3.01. The van der Waals surface area contributed by atoms with Gasteiger partial charge in [-0.2, -0.15) is 0 Å². The molecule has 1 aromatic carbocycles. The molecule has 21 heavy (non-hydrogen) atoms. The Kier molecular flexibility index (Phi) is 3.35. The predicted octanol–water partition coefficient (Wildman–Crippen LogP) is 2.84. The van der Waals surface area contributed by atoms with Crippen molar-refractivity contribution in [1.29, 1.82) is 0 Å². The van der Waals surface area contributed by atoms with Crippen molar-refractivity contribution < 1.29 is 18.3 Å². The Morgan fingerprint density at radius 2 is 2.05 bits per heavy atom. The minimum absolute atomic E-state index is 0.0641. The van der Waals surface area contributed by atoms with E-state index in [9.17, 15) is 18.3 Å². The van der Waals surface area contributed by atoms with E-state index in [1.807, 2.05) is 0 Å². The van der Waals surface area contributed by atoms with Gasteiger partial charge in [-0.3, -0.25) is 4.79 Å². The molecule has 5 heteroatoms. The highest BCUT2D eigenvalue weighted by Crippen LogP contribution is 2.53. The number of carboxylic acid groups (broad SMARTS) is 1. The third-order valence-corrected chi connectivity index (χ3v) is 6.96. The van der Waals surface area contributed by atoms with Crippen LogP contribution in [-0.2, 0) is 14.6 Å². The highest BCUT2D eigenvalue weighted by atomic mass is 32.2. The molecule has 3 atom stereocenters. The quantitative estimate of drug-likeness (QED) is 0.912. The average molecular weight is 308 g/mol. The van der Waals surface area contributed by atoms with Crippen LogP contribution in [0.15, 0.2) is 29.2 Å². The summed E-state index contributed by atoms with van der Waals surface area (Å²) in [5.74, 6) is -0.999. The van der Waals surface area contributed by atoms with Gasteiger partial charge in [-0.25, -0.2) is 8.42 Å². The van der Waals surface area contributed by atoms with Crippen molar-refractivity contribution in [3.63, 3.8) is 0 Å². The fraction of sp³-hybridized carbons (Fsp3) is 0.562. The first-order valence-electron chi connectivity index (χ1n) is 7.42. The van der Waals surface area contributed by atoms with E-state index in [1.54, 1.807) is 24.3 Å². The molecule has 1 aliphatic carbocycles. The number of fused-ring (bicyclic) bond motifs is 1. The lowest BCUT2D eigenvalue weighted by Gasteiger charge is -2.40. The summed E-state index contributed by atoms with van der Waals surface area (Å²) in [6.45, 7) is 2.06. The smallest absolute Gasteiger partial charge is 0.310 e. The molecule has 1 aromatic rings. The first-order valence-corrected chi connectivity index (χ1v) is 9.07. The molecule has 1 N–H and O–H groups in total. The van der Waals surface area contributed by atoms with Crippen LogP contribution in [0.3, 0.4) is 0 Å². The number of carbonyl (C=O) groups is 1. The van der Waals surface area contributed by atoms with Crippen molar-refractivity contribution in [3.8, 4) is 0 Å². The van der Waals surface area contributed by atoms with E-state index in [0.717, 1.165) is 12.8 Å². The predicted molar refractivity (Wildman–Crippen MR) is 78.9 cm³/mol. The van der Waals surface area contributed by atoms with Crippen LogP contribution in [0.5, 0.6) is 0 Å². The van der Waals surface area contributed by atoms with Crippen molar-refractivity contribution in [2.75, 3.05) is 5.75 Å². The van der Waals surface area contributed by atoms with Gasteiger partial charge >= 0.3 is 5.97 Å². The molecule has 1 fully saturated rings. The fourth-order valence-electron chi connectivity index (χ4n) is 4.16. The number of sulfone groups is 1. The third kappa shape index (κ3) is 2.18. The lowest BCUT2D eigenvalue weighted by molar-refractivity contribution is -0.153. The largest absolute Gasteiger partial charge is 0.481 e. The number of hydrogen-bond acceptors (Lipinski definition) is 3. The number of aliphatic carboxylic acids is 1. The molecule has 0 amide bonds. The fourth-order valence-corrected chi connectivity index (χ4v) is 6.13. The van der Waals surface area contributed by atoms with Gasteiger partial charge in [0.05, 0.1) is 16.1 Å². The molecule has 0 spiro atoms. The lowest BCUT2D eigenvalue weighted by Crippen LogP contribution is -2.42. The van der Waals surface area contributed by atoms with Crippen LogP contribution in [0.1, 0.15) is 44.1 Å². The first-order chi connectivity index (χ1) is 9.87. The standard InChI is InChI=1S/C16H20O4S/c1-11-5-4-8-16(9-11,15(17)18)13-10-21(19,20)14-7-3-2-6-12(13)14/h2-3,6-7,11,13H,4-5,8-10H2,1H3,(H,17,18). The van der Waals surface area contributed by atoms with E-state index < -0.39 is 27.1 Å². The van der Waals surface area contributed by atoms with Gasteiger partial charge in [-0.05, 0) is 30.4 Å². The summed E-state index contributed by atoms with van der Waals surface area (Å²) in [7, 11) is -3.36. The van der Waals surface area contributed by atoms with Crippen LogP contribution in [0, 0.1) is 11.3 Å². The minimum atomic E-state index is -3.36. The second kappa shape index (κ2) is 4.83. The van der Waals surface area contributed by atoms with Crippen molar-refractivity contribution in [1.82, 2.24) is 0 Å². The van der Waals surface area contributed by atoms with Gasteiger partial charge in [0, 0.05) is 5.92 Å². The molecule has 0 saturated heterocycles. The SMILES string of the molecule is CC1CCCC(C(=O)O)(C2CS(=O)(=O)c3ccccc32)C1. The summed E-state index contributed by atoms with van der Waals surface area (Å²) in [4.78, 5) is 12.4. The zero-order chi connectivity index (χ0) is 15.3. The third-order valence-electron chi connectivity index (χ3n) is 5.14. The molecule has 114 valence electrons. The minimum Gasteiger partial charge on any atom is -0.481 e. The molecule has 1 saturated carbocycles. The molecule has 4 nitrogen and oxygen atoms in total.